The van der Waals surface area contributed by atoms with Gasteiger partial charge in [-0.2, -0.15) is 0 Å². The van der Waals surface area contributed by atoms with Crippen LogP contribution in [0.2, 0.25) is 0 Å². The molecule has 0 aliphatic rings. The van der Waals surface area contributed by atoms with Gasteiger partial charge in [-0.1, -0.05) is 12.7 Å². The molecule has 0 atom stereocenters. The van der Waals surface area contributed by atoms with Crippen LogP contribution in [0.1, 0.15) is 13.8 Å². The molecule has 0 heterocycles. The van der Waals surface area contributed by atoms with Gasteiger partial charge in [-0.3, -0.25) is 0 Å². The van der Waals surface area contributed by atoms with Crippen molar-refractivity contribution in [1.82, 2.24) is 5.32 Å². The quantitative estimate of drug-likeness (QED) is 0.449. The Kier molecular flexibility index (Phi) is 4.50. The first-order chi connectivity index (χ1) is 4.31. The Morgan fingerprint density at radius 2 is 2.33 bits per heavy atom. The summed E-state index contributed by atoms with van der Waals surface area (Å²) in [5.41, 5.74) is 1.08. The molecule has 0 amide bonds. The molecule has 0 aromatic heterocycles. The summed E-state index contributed by atoms with van der Waals surface area (Å²) in [6.45, 7) is 7.36. The Morgan fingerprint density at radius 3 is 2.78 bits per heavy atom. The summed E-state index contributed by atoms with van der Waals surface area (Å²) in [7, 11) is 0. The van der Waals surface area contributed by atoms with E-state index in [0.29, 0.717) is 0 Å². The van der Waals surface area contributed by atoms with Crippen LogP contribution in [0.25, 0.3) is 0 Å². The minimum absolute atomic E-state index is 1.08. The van der Waals surface area contributed by atoms with E-state index in [1.165, 1.54) is 6.20 Å². The summed E-state index contributed by atoms with van der Waals surface area (Å²) >= 11 is 0. The van der Waals surface area contributed by atoms with Crippen LogP contribution in [-0.2, 0) is 0 Å². The Balaban J connectivity index is 3.50. The van der Waals surface area contributed by atoms with Crippen molar-refractivity contribution in [2.45, 2.75) is 13.8 Å². The molecule has 0 saturated heterocycles. The molecule has 0 aromatic rings. The fourth-order valence-corrected chi connectivity index (χ4v) is 0.275. The molecule has 0 fully saturated rings. The molecule has 0 radical (unpaired) electrons. The van der Waals surface area contributed by atoms with Crippen molar-refractivity contribution in [2.24, 2.45) is 4.99 Å². The lowest BCUT2D eigenvalue weighted by atomic mass is 10.5. The van der Waals surface area contributed by atoms with E-state index in [1.807, 2.05) is 19.9 Å². The second kappa shape index (κ2) is 5.09. The van der Waals surface area contributed by atoms with E-state index in [2.05, 4.69) is 16.9 Å². The van der Waals surface area contributed by atoms with E-state index >= 15 is 0 Å². The topological polar surface area (TPSA) is 24.4 Å². The molecule has 0 rings (SSSR count). The molecule has 0 bridgehead atoms. The molecule has 2 nitrogen and oxygen atoms in total. The van der Waals surface area contributed by atoms with Crippen molar-refractivity contribution in [2.75, 3.05) is 0 Å². The zero-order chi connectivity index (χ0) is 7.11. The molecule has 0 unspecified atom stereocenters. The molecule has 50 valence electrons. The van der Waals surface area contributed by atoms with Crippen molar-refractivity contribution in [3.05, 3.63) is 24.6 Å². The summed E-state index contributed by atoms with van der Waals surface area (Å²) in [6.07, 6.45) is 5.05. The van der Waals surface area contributed by atoms with E-state index in [4.69, 9.17) is 0 Å². The third kappa shape index (κ3) is 4.81. The Hall–Kier alpha value is -1.05. The molecule has 0 aromatic carbocycles. The molecule has 0 saturated carbocycles. The van der Waals surface area contributed by atoms with Gasteiger partial charge in [0.05, 0.1) is 6.34 Å². The van der Waals surface area contributed by atoms with E-state index in [1.54, 1.807) is 6.34 Å². The van der Waals surface area contributed by atoms with E-state index in [9.17, 15) is 0 Å². The Morgan fingerprint density at radius 1 is 1.67 bits per heavy atom. The van der Waals surface area contributed by atoms with Gasteiger partial charge in [-0.25, -0.2) is 4.99 Å². The normalized spacial score (nSPS) is 12.0. The highest BCUT2D eigenvalue weighted by atomic mass is 14.9. The van der Waals surface area contributed by atoms with Gasteiger partial charge in [0.1, 0.15) is 0 Å². The molecule has 0 spiro atoms. The second-order valence-corrected chi connectivity index (χ2v) is 1.58. The summed E-state index contributed by atoms with van der Waals surface area (Å²) in [5, 5.41) is 2.93. The standard InChI is InChI=1S/C7H12N2/c1-4-7(3)9-6-8-5-2/h4-6H,2H2,1,3H3,(H,8,9)/b7-4-. The van der Waals surface area contributed by atoms with Gasteiger partial charge < -0.3 is 5.32 Å². The molecule has 0 aliphatic carbocycles. The minimum atomic E-state index is 1.08. The van der Waals surface area contributed by atoms with Crippen LogP contribution in [0.15, 0.2) is 29.5 Å². The highest BCUT2D eigenvalue weighted by Crippen LogP contribution is 1.80. The first-order valence-electron chi connectivity index (χ1n) is 2.83. The van der Waals surface area contributed by atoms with Gasteiger partial charge >= 0.3 is 0 Å². The monoisotopic (exact) mass is 124 g/mol. The zero-order valence-corrected chi connectivity index (χ0v) is 5.89. The van der Waals surface area contributed by atoms with Crippen LogP contribution < -0.4 is 5.32 Å². The van der Waals surface area contributed by atoms with Crippen LogP contribution in [0, 0.1) is 0 Å². The zero-order valence-electron chi connectivity index (χ0n) is 5.89. The molecular formula is C7H12N2. The predicted molar refractivity (Wildman–Crippen MR) is 41.3 cm³/mol. The molecular weight excluding hydrogens is 112 g/mol. The van der Waals surface area contributed by atoms with Gasteiger partial charge in [-0.15, -0.1) is 0 Å². The van der Waals surface area contributed by atoms with Crippen LogP contribution in [0.4, 0.5) is 0 Å². The molecule has 0 aliphatic heterocycles. The van der Waals surface area contributed by atoms with Gasteiger partial charge in [0, 0.05) is 11.9 Å². The highest BCUT2D eigenvalue weighted by molar-refractivity contribution is 5.57. The summed E-state index contributed by atoms with van der Waals surface area (Å²) in [4.78, 5) is 3.75. The molecule has 2 heteroatoms. The summed E-state index contributed by atoms with van der Waals surface area (Å²) in [6, 6.07) is 0. The van der Waals surface area contributed by atoms with Gasteiger partial charge in [-0.05, 0) is 13.8 Å². The first kappa shape index (κ1) is 7.95. The number of aliphatic imine (C=N–C) groups is 1. The van der Waals surface area contributed by atoms with Crippen LogP contribution in [-0.4, -0.2) is 6.34 Å². The Labute approximate surface area is 56.0 Å². The minimum Gasteiger partial charge on any atom is -0.350 e. The number of nitrogens with zero attached hydrogens (tertiary/aromatic N) is 1. The second-order valence-electron chi connectivity index (χ2n) is 1.58. The predicted octanol–water partition coefficient (Wildman–Crippen LogP) is 1.67. The Bertz CT molecular complexity index is 134. The average Bonchev–Trinajstić information content (AvgIpc) is 1.89. The largest absolute Gasteiger partial charge is 0.350 e. The van der Waals surface area contributed by atoms with Gasteiger partial charge in [0.15, 0.2) is 0 Å². The lowest BCUT2D eigenvalue weighted by molar-refractivity contribution is 1.13. The van der Waals surface area contributed by atoms with Gasteiger partial charge in [0.25, 0.3) is 0 Å². The van der Waals surface area contributed by atoms with E-state index < -0.39 is 0 Å². The smallest absolute Gasteiger partial charge is 0.0920 e. The molecule has 9 heavy (non-hydrogen) atoms. The van der Waals surface area contributed by atoms with Gasteiger partial charge in [0.2, 0.25) is 0 Å². The van der Waals surface area contributed by atoms with Crippen molar-refractivity contribution in [3.8, 4) is 0 Å². The average molecular weight is 124 g/mol. The summed E-state index contributed by atoms with van der Waals surface area (Å²) < 4.78 is 0. The third-order valence-electron chi connectivity index (χ3n) is 0.905. The fourth-order valence-electron chi connectivity index (χ4n) is 0.275. The number of hydrogen-bond acceptors (Lipinski definition) is 1. The molecule has 1 N–H and O–H groups in total. The van der Waals surface area contributed by atoms with Crippen molar-refractivity contribution in [3.63, 3.8) is 0 Å². The maximum absolute atomic E-state index is 3.75. The van der Waals surface area contributed by atoms with E-state index in [0.717, 1.165) is 5.70 Å². The van der Waals surface area contributed by atoms with Crippen LogP contribution in [0.5, 0.6) is 0 Å². The number of rotatable bonds is 3. The van der Waals surface area contributed by atoms with E-state index in [-0.39, 0.29) is 0 Å². The maximum Gasteiger partial charge on any atom is 0.0920 e. The van der Waals surface area contributed by atoms with Crippen LogP contribution in [0.3, 0.4) is 0 Å². The highest BCUT2D eigenvalue weighted by Gasteiger charge is 1.75. The third-order valence-corrected chi connectivity index (χ3v) is 0.905. The summed E-state index contributed by atoms with van der Waals surface area (Å²) in [5.74, 6) is 0. The van der Waals surface area contributed by atoms with Crippen molar-refractivity contribution < 1.29 is 0 Å². The fraction of sp³-hybridized carbons (Fsp3) is 0.286. The van der Waals surface area contributed by atoms with Crippen molar-refractivity contribution in [1.29, 1.82) is 0 Å². The lowest BCUT2D eigenvalue weighted by Gasteiger charge is -1.94. The first-order valence-corrected chi connectivity index (χ1v) is 2.83. The SMILES string of the molecule is C=C/N=C/N/C(C)=C\C. The van der Waals surface area contributed by atoms with Crippen molar-refractivity contribution >= 4 is 6.34 Å². The van der Waals surface area contributed by atoms with Crippen LogP contribution >= 0.6 is 0 Å². The number of hydrogen-bond donors (Lipinski definition) is 1. The maximum atomic E-state index is 3.75. The lowest BCUT2D eigenvalue weighted by Crippen LogP contribution is -2.06. The number of allylic oxidation sites excluding steroid dienone is 2. The number of nitrogens with one attached hydrogen (secondary N) is 1.